The average Bonchev–Trinajstić information content (AvgIpc) is 3.46. The van der Waals surface area contributed by atoms with E-state index in [9.17, 15) is 28.1 Å². The van der Waals surface area contributed by atoms with Gasteiger partial charge in [0.25, 0.3) is 11.6 Å². The molecule has 4 rings (SSSR count). The number of hydrogen-bond donors (Lipinski definition) is 1. The molecule has 0 atom stereocenters. The summed E-state index contributed by atoms with van der Waals surface area (Å²) in [6.07, 6.45) is -2.30. The number of nitro benzene ring substituents is 1. The Morgan fingerprint density at radius 2 is 2.10 bits per heavy atom. The number of amides is 1. The van der Waals surface area contributed by atoms with E-state index in [1.165, 1.54) is 12.1 Å². The van der Waals surface area contributed by atoms with Gasteiger partial charge in [0.2, 0.25) is 0 Å². The molecule has 0 unspecified atom stereocenters. The van der Waals surface area contributed by atoms with E-state index in [-0.39, 0.29) is 34.3 Å². The van der Waals surface area contributed by atoms with Crippen LogP contribution in [0.3, 0.4) is 0 Å². The quantitative estimate of drug-likeness (QED) is 0.459. The number of alkyl halides is 3. The maximum atomic E-state index is 13.5. The molecule has 1 aromatic carbocycles. The molecule has 1 amide bonds. The minimum Gasteiger partial charge on any atom is -0.494 e. The number of nitrogens with one attached hydrogen (secondary N) is 1. The second-order valence-electron chi connectivity index (χ2n) is 6.96. The molecule has 1 fully saturated rings. The third-order valence-electron chi connectivity index (χ3n) is 4.75. The number of ether oxygens (including phenoxy) is 1. The van der Waals surface area contributed by atoms with Crippen molar-refractivity contribution in [1.29, 1.82) is 0 Å². The van der Waals surface area contributed by atoms with Crippen LogP contribution in [0.1, 0.15) is 47.4 Å². The van der Waals surface area contributed by atoms with Crippen molar-refractivity contribution in [3.8, 4) is 5.75 Å². The molecule has 1 aliphatic carbocycles. The third kappa shape index (κ3) is 4.00. The van der Waals surface area contributed by atoms with Gasteiger partial charge in [-0.05, 0) is 38.0 Å². The minimum absolute atomic E-state index is 0.0934. The SMILES string of the molecule is CCOc1ccc(NC(=O)c2cnn3c(C(F)(F)F)cc(C4CC4)nc23)c([N+](=O)[O-])c1. The van der Waals surface area contributed by atoms with E-state index in [4.69, 9.17) is 4.74 Å². The Labute approximate surface area is 173 Å². The van der Waals surface area contributed by atoms with Gasteiger partial charge < -0.3 is 10.1 Å². The maximum Gasteiger partial charge on any atom is 0.433 e. The van der Waals surface area contributed by atoms with E-state index in [1.807, 2.05) is 0 Å². The zero-order valence-corrected chi connectivity index (χ0v) is 16.1. The highest BCUT2D eigenvalue weighted by Gasteiger charge is 2.38. The first-order valence-electron chi connectivity index (χ1n) is 9.37. The molecule has 2 aromatic heterocycles. The van der Waals surface area contributed by atoms with Crippen LogP contribution < -0.4 is 10.1 Å². The molecule has 12 heteroatoms. The number of carbonyl (C=O) groups is 1. The predicted molar refractivity (Wildman–Crippen MR) is 102 cm³/mol. The van der Waals surface area contributed by atoms with Crippen molar-refractivity contribution in [2.24, 2.45) is 0 Å². The van der Waals surface area contributed by atoms with Gasteiger partial charge in [0.1, 0.15) is 22.7 Å². The lowest BCUT2D eigenvalue weighted by atomic mass is 10.2. The summed E-state index contributed by atoms with van der Waals surface area (Å²) in [6, 6.07) is 4.82. The number of fused-ring (bicyclic) bond motifs is 1. The van der Waals surface area contributed by atoms with Gasteiger partial charge in [-0.3, -0.25) is 14.9 Å². The Balaban J connectivity index is 1.74. The van der Waals surface area contributed by atoms with Crippen molar-refractivity contribution in [1.82, 2.24) is 14.6 Å². The van der Waals surface area contributed by atoms with Gasteiger partial charge in [0.05, 0.1) is 23.8 Å². The summed E-state index contributed by atoms with van der Waals surface area (Å²) in [7, 11) is 0. The lowest BCUT2D eigenvalue weighted by Gasteiger charge is -2.11. The highest BCUT2D eigenvalue weighted by molar-refractivity contribution is 6.09. The summed E-state index contributed by atoms with van der Waals surface area (Å²) in [6.45, 7) is 2.01. The molecule has 1 N–H and O–H groups in total. The van der Waals surface area contributed by atoms with Crippen LogP contribution in [0.25, 0.3) is 5.65 Å². The predicted octanol–water partition coefficient (Wildman–Crippen LogP) is 4.18. The lowest BCUT2D eigenvalue weighted by molar-refractivity contribution is -0.384. The number of benzene rings is 1. The number of anilines is 1. The molecule has 9 nitrogen and oxygen atoms in total. The molecule has 0 bridgehead atoms. The third-order valence-corrected chi connectivity index (χ3v) is 4.75. The Morgan fingerprint density at radius 3 is 2.71 bits per heavy atom. The van der Waals surface area contributed by atoms with E-state index < -0.39 is 28.4 Å². The molecule has 1 aliphatic rings. The van der Waals surface area contributed by atoms with Crippen LogP contribution in [0.15, 0.2) is 30.5 Å². The molecular weight excluding hydrogens is 419 g/mol. The van der Waals surface area contributed by atoms with Crippen LogP contribution in [0.4, 0.5) is 24.5 Å². The Morgan fingerprint density at radius 1 is 1.35 bits per heavy atom. The number of halogens is 3. The smallest absolute Gasteiger partial charge is 0.433 e. The first kappa shape index (κ1) is 20.6. The van der Waals surface area contributed by atoms with Gasteiger partial charge in [-0.15, -0.1) is 0 Å². The number of aromatic nitrogens is 3. The molecular formula is C19H16F3N5O4. The van der Waals surface area contributed by atoms with Gasteiger partial charge in [-0.1, -0.05) is 0 Å². The van der Waals surface area contributed by atoms with Gasteiger partial charge in [-0.2, -0.15) is 18.3 Å². The Kier molecular flexibility index (Phi) is 4.99. The van der Waals surface area contributed by atoms with E-state index in [2.05, 4.69) is 15.4 Å². The first-order chi connectivity index (χ1) is 14.7. The minimum atomic E-state index is -4.70. The van der Waals surface area contributed by atoms with Gasteiger partial charge in [-0.25, -0.2) is 9.50 Å². The van der Waals surface area contributed by atoms with Crippen LogP contribution >= 0.6 is 0 Å². The van der Waals surface area contributed by atoms with Crippen LogP contribution in [-0.4, -0.2) is 32.0 Å². The van der Waals surface area contributed by atoms with Gasteiger partial charge in [0.15, 0.2) is 5.65 Å². The number of nitrogens with zero attached hydrogens (tertiary/aromatic N) is 4. The normalized spacial score (nSPS) is 13.9. The lowest BCUT2D eigenvalue weighted by Crippen LogP contribution is -2.16. The summed E-state index contributed by atoms with van der Waals surface area (Å²) in [4.78, 5) is 27.7. The molecule has 3 aromatic rings. The van der Waals surface area contributed by atoms with Crippen molar-refractivity contribution in [3.63, 3.8) is 0 Å². The fourth-order valence-corrected chi connectivity index (χ4v) is 3.15. The molecule has 0 saturated heterocycles. The molecule has 162 valence electrons. The zero-order chi connectivity index (χ0) is 22.3. The van der Waals surface area contributed by atoms with Crippen LogP contribution in [0, 0.1) is 10.1 Å². The number of rotatable bonds is 6. The van der Waals surface area contributed by atoms with E-state index in [0.717, 1.165) is 18.3 Å². The van der Waals surface area contributed by atoms with Crippen LogP contribution in [0.2, 0.25) is 0 Å². The van der Waals surface area contributed by atoms with Crippen molar-refractivity contribution in [3.05, 3.63) is 57.5 Å². The van der Waals surface area contributed by atoms with Crippen LogP contribution in [-0.2, 0) is 6.18 Å². The molecule has 0 aliphatic heterocycles. The Hall–Kier alpha value is -3.70. The monoisotopic (exact) mass is 435 g/mol. The second-order valence-corrected chi connectivity index (χ2v) is 6.96. The van der Waals surface area contributed by atoms with Crippen molar-refractivity contribution < 1.29 is 27.6 Å². The molecule has 2 heterocycles. The molecule has 31 heavy (non-hydrogen) atoms. The topological polar surface area (TPSA) is 112 Å². The zero-order valence-electron chi connectivity index (χ0n) is 16.1. The van der Waals surface area contributed by atoms with Crippen LogP contribution in [0.5, 0.6) is 5.75 Å². The highest BCUT2D eigenvalue weighted by Crippen LogP contribution is 2.41. The number of carbonyl (C=O) groups excluding carboxylic acids is 1. The van der Waals surface area contributed by atoms with Crippen molar-refractivity contribution >= 4 is 22.9 Å². The maximum absolute atomic E-state index is 13.5. The summed E-state index contributed by atoms with van der Waals surface area (Å²) in [5.41, 5.74) is -1.84. The Bertz CT molecular complexity index is 1190. The average molecular weight is 435 g/mol. The summed E-state index contributed by atoms with van der Waals surface area (Å²) < 4.78 is 46.3. The second kappa shape index (κ2) is 7.52. The van der Waals surface area contributed by atoms with Gasteiger partial charge in [0, 0.05) is 11.6 Å². The van der Waals surface area contributed by atoms with E-state index >= 15 is 0 Å². The molecule has 0 spiro atoms. The first-order valence-corrected chi connectivity index (χ1v) is 9.37. The van der Waals surface area contributed by atoms with Gasteiger partial charge >= 0.3 is 6.18 Å². The fourth-order valence-electron chi connectivity index (χ4n) is 3.15. The molecule has 0 radical (unpaired) electrons. The molecule has 1 saturated carbocycles. The van der Waals surface area contributed by atoms with E-state index in [1.54, 1.807) is 6.92 Å². The summed E-state index contributed by atoms with van der Waals surface area (Å²) in [5, 5.41) is 17.4. The van der Waals surface area contributed by atoms with Crippen molar-refractivity contribution in [2.75, 3.05) is 11.9 Å². The fraction of sp³-hybridized carbons (Fsp3) is 0.316. The van der Waals surface area contributed by atoms with E-state index in [0.29, 0.717) is 24.0 Å². The number of nitro groups is 1. The number of hydrogen-bond acceptors (Lipinski definition) is 6. The standard InChI is InChI=1S/C19H16F3N5O4/c1-2-31-11-5-6-13(15(7-11)27(29)30)25-18(28)12-9-23-26-16(19(20,21)22)8-14(10-3-4-10)24-17(12)26/h5-10H,2-4H2,1H3,(H,25,28). The largest absolute Gasteiger partial charge is 0.494 e. The highest BCUT2D eigenvalue weighted by atomic mass is 19.4. The summed E-state index contributed by atoms with van der Waals surface area (Å²) in [5.74, 6) is -0.714. The summed E-state index contributed by atoms with van der Waals surface area (Å²) >= 11 is 0. The van der Waals surface area contributed by atoms with Crippen molar-refractivity contribution in [2.45, 2.75) is 31.9 Å².